The van der Waals surface area contributed by atoms with Crippen LogP contribution in [0, 0.1) is 6.92 Å². The quantitative estimate of drug-likeness (QED) is 0.307. The van der Waals surface area contributed by atoms with Crippen LogP contribution in [-0.2, 0) is 0 Å². The van der Waals surface area contributed by atoms with Gasteiger partial charge in [-0.25, -0.2) is 0 Å². The summed E-state index contributed by atoms with van der Waals surface area (Å²) in [6.07, 6.45) is 2.17. The Morgan fingerprint density at radius 3 is 2.42 bits per heavy atom. The smallest absolute Gasteiger partial charge is 0.191 e. The fourth-order valence-corrected chi connectivity index (χ4v) is 4.36. The van der Waals surface area contributed by atoms with Crippen molar-refractivity contribution < 1.29 is 4.40 Å². The molecule has 0 spiro atoms. The third kappa shape index (κ3) is 1.88. The van der Waals surface area contributed by atoms with Gasteiger partial charge in [0.05, 0.1) is 16.5 Å². The molecule has 5 rings (SSSR count). The lowest BCUT2D eigenvalue weighted by atomic mass is 10.0. The van der Waals surface area contributed by atoms with E-state index in [1.165, 1.54) is 37.6 Å². The van der Waals surface area contributed by atoms with Crippen molar-refractivity contribution in [2.45, 2.75) is 6.92 Å². The van der Waals surface area contributed by atoms with E-state index in [0.717, 1.165) is 5.69 Å². The minimum atomic E-state index is 1.10. The van der Waals surface area contributed by atoms with Crippen LogP contribution in [0.4, 0.5) is 0 Å². The molecule has 2 nitrogen and oxygen atoms in total. The average molecular weight is 327 g/mol. The van der Waals surface area contributed by atoms with Crippen LogP contribution in [0.1, 0.15) is 5.69 Å². The van der Waals surface area contributed by atoms with Crippen molar-refractivity contribution in [1.29, 1.82) is 0 Å². The number of rotatable bonds is 1. The first-order valence-electron chi connectivity index (χ1n) is 8.00. The minimum Gasteiger partial charge on any atom is -0.191 e. The highest BCUT2D eigenvalue weighted by Crippen LogP contribution is 2.31. The first-order chi connectivity index (χ1) is 11.8. The van der Waals surface area contributed by atoms with Crippen LogP contribution in [0.5, 0.6) is 0 Å². The summed E-state index contributed by atoms with van der Waals surface area (Å²) in [6.45, 7) is 2.09. The van der Waals surface area contributed by atoms with E-state index < -0.39 is 0 Å². The van der Waals surface area contributed by atoms with Crippen molar-refractivity contribution in [3.8, 4) is 11.1 Å². The van der Waals surface area contributed by atoms with Crippen molar-refractivity contribution >= 4 is 38.0 Å². The molecule has 0 unspecified atom stereocenters. The Hall–Kier alpha value is -2.78. The maximum Gasteiger partial charge on any atom is 0.294 e. The lowest BCUT2D eigenvalue weighted by Gasteiger charge is -2.04. The molecule has 0 bridgehead atoms. The van der Waals surface area contributed by atoms with Gasteiger partial charge in [0.2, 0.25) is 5.52 Å². The number of fused-ring (bicyclic) bond motifs is 6. The molecule has 0 saturated carbocycles. The zero-order valence-corrected chi connectivity index (χ0v) is 14.0. The van der Waals surface area contributed by atoms with Crippen LogP contribution in [0.15, 0.2) is 72.9 Å². The maximum absolute atomic E-state index is 4.60. The van der Waals surface area contributed by atoms with Gasteiger partial charge in [-0.15, -0.1) is 4.40 Å². The summed E-state index contributed by atoms with van der Waals surface area (Å²) in [5.74, 6) is 0. The topological polar surface area (TPSA) is 17.0 Å². The lowest BCUT2D eigenvalue weighted by Crippen LogP contribution is -2.21. The van der Waals surface area contributed by atoms with Gasteiger partial charge in [-0.05, 0) is 24.1 Å². The molecule has 3 heteroatoms. The Balaban J connectivity index is 1.97. The van der Waals surface area contributed by atoms with Gasteiger partial charge in [-0.2, -0.15) is 4.37 Å². The summed E-state index contributed by atoms with van der Waals surface area (Å²) in [7, 11) is 0. The Morgan fingerprint density at radius 1 is 0.833 bits per heavy atom. The van der Waals surface area contributed by atoms with Crippen LogP contribution >= 0.6 is 11.5 Å². The number of nitrogens with zero attached hydrogens (tertiary/aromatic N) is 2. The van der Waals surface area contributed by atoms with Crippen LogP contribution in [-0.4, -0.2) is 4.37 Å². The van der Waals surface area contributed by atoms with Gasteiger partial charge in [0, 0.05) is 29.1 Å². The predicted molar refractivity (Wildman–Crippen MR) is 100 cm³/mol. The molecule has 0 aliphatic carbocycles. The summed E-state index contributed by atoms with van der Waals surface area (Å²) in [6, 6.07) is 23.6. The van der Waals surface area contributed by atoms with E-state index in [2.05, 4.69) is 88.6 Å². The fraction of sp³-hybridized carbons (Fsp3) is 0.0476. The summed E-state index contributed by atoms with van der Waals surface area (Å²) >= 11 is 1.57. The van der Waals surface area contributed by atoms with E-state index in [1.807, 2.05) is 0 Å². The van der Waals surface area contributed by atoms with Crippen LogP contribution in [0.25, 0.3) is 37.6 Å². The molecule has 0 fully saturated rings. The third-order valence-electron chi connectivity index (χ3n) is 4.60. The fourth-order valence-electron chi connectivity index (χ4n) is 3.45. The second-order valence-corrected chi connectivity index (χ2v) is 6.78. The highest BCUT2D eigenvalue weighted by molar-refractivity contribution is 7.12. The normalized spacial score (nSPS) is 11.5. The first kappa shape index (κ1) is 13.6. The van der Waals surface area contributed by atoms with Gasteiger partial charge < -0.3 is 0 Å². The molecule has 114 valence electrons. The molecule has 0 amide bonds. The molecule has 24 heavy (non-hydrogen) atoms. The van der Waals surface area contributed by atoms with Crippen LogP contribution in [0.3, 0.4) is 0 Å². The molecule has 0 atom stereocenters. The van der Waals surface area contributed by atoms with E-state index in [4.69, 9.17) is 0 Å². The van der Waals surface area contributed by atoms with Crippen molar-refractivity contribution in [3.05, 3.63) is 78.6 Å². The van der Waals surface area contributed by atoms with E-state index in [-0.39, 0.29) is 0 Å². The molecular formula is C21H15N2S+. The second kappa shape index (κ2) is 5.11. The highest BCUT2D eigenvalue weighted by atomic mass is 32.1. The lowest BCUT2D eigenvalue weighted by molar-refractivity contribution is -0.477. The van der Waals surface area contributed by atoms with Gasteiger partial charge >= 0.3 is 0 Å². The third-order valence-corrected chi connectivity index (χ3v) is 5.54. The molecule has 0 N–H and O–H groups in total. The monoisotopic (exact) mass is 327 g/mol. The molecule has 0 aliphatic rings. The predicted octanol–water partition coefficient (Wildman–Crippen LogP) is 5.16. The van der Waals surface area contributed by atoms with Crippen molar-refractivity contribution in [2.24, 2.45) is 0 Å². The first-order valence-corrected chi connectivity index (χ1v) is 8.78. The second-order valence-electron chi connectivity index (χ2n) is 6.03. The summed E-state index contributed by atoms with van der Waals surface area (Å²) in [5, 5.41) is 3.82. The van der Waals surface area contributed by atoms with Gasteiger partial charge in [0.15, 0.2) is 6.20 Å². The Bertz CT molecular complexity index is 1210. The number of aryl methyl sites for hydroxylation is 1. The van der Waals surface area contributed by atoms with Gasteiger partial charge in [0.1, 0.15) is 0 Å². The van der Waals surface area contributed by atoms with Gasteiger partial charge in [-0.1, -0.05) is 48.5 Å². The molecule has 3 aromatic heterocycles. The largest absolute Gasteiger partial charge is 0.294 e. The SMILES string of the molecule is Cc1nsc2c1c1ccccc1c1cc(-c3ccccc3)cc[n+]12. The average Bonchev–Trinajstić information content (AvgIpc) is 3.04. The highest BCUT2D eigenvalue weighted by Gasteiger charge is 2.20. The summed E-state index contributed by atoms with van der Waals surface area (Å²) in [4.78, 5) is 1.21. The molecule has 0 saturated heterocycles. The molecule has 5 aromatic rings. The molecular weight excluding hydrogens is 312 g/mol. The summed E-state index contributed by atoms with van der Waals surface area (Å²) in [5.41, 5.74) is 4.81. The van der Waals surface area contributed by atoms with Gasteiger partial charge in [-0.3, -0.25) is 0 Å². The number of hydrogen-bond acceptors (Lipinski definition) is 2. The van der Waals surface area contributed by atoms with Gasteiger partial charge in [0.25, 0.3) is 4.83 Å². The minimum absolute atomic E-state index is 1.10. The van der Waals surface area contributed by atoms with E-state index in [1.54, 1.807) is 11.5 Å². The van der Waals surface area contributed by atoms with E-state index >= 15 is 0 Å². The number of hydrogen-bond donors (Lipinski definition) is 0. The standard InChI is InChI=1S/C21H15N2S/c1-14-20-18-10-6-5-9-17(18)19-13-16(15-7-3-2-4-8-15)11-12-23(19)21(20)24-22-14/h2-13H,1H3/q+1. The molecule has 0 aliphatic heterocycles. The number of aromatic nitrogens is 2. The zero-order chi connectivity index (χ0) is 16.1. The number of pyridine rings is 2. The van der Waals surface area contributed by atoms with E-state index in [0.29, 0.717) is 0 Å². The van der Waals surface area contributed by atoms with E-state index in [9.17, 15) is 0 Å². The summed E-state index contributed by atoms with van der Waals surface area (Å²) < 4.78 is 6.87. The molecule has 0 radical (unpaired) electrons. The van der Waals surface area contributed by atoms with Crippen molar-refractivity contribution in [3.63, 3.8) is 0 Å². The Labute approximate surface area is 143 Å². The Morgan fingerprint density at radius 2 is 1.58 bits per heavy atom. The van der Waals surface area contributed by atoms with Crippen molar-refractivity contribution in [1.82, 2.24) is 4.37 Å². The molecule has 2 aromatic carbocycles. The number of benzene rings is 2. The Kier molecular flexibility index (Phi) is 2.91. The van der Waals surface area contributed by atoms with Crippen LogP contribution < -0.4 is 4.40 Å². The maximum atomic E-state index is 4.60. The van der Waals surface area contributed by atoms with Crippen LogP contribution in [0.2, 0.25) is 0 Å². The zero-order valence-electron chi connectivity index (χ0n) is 13.2. The molecule has 3 heterocycles. The van der Waals surface area contributed by atoms with Crippen molar-refractivity contribution in [2.75, 3.05) is 0 Å².